The second-order valence-electron chi connectivity index (χ2n) is 14.5. The molecule has 0 spiro atoms. The molecule has 4 N–H and O–H groups in total. The van der Waals surface area contributed by atoms with Crippen LogP contribution in [0.25, 0.3) is 89.7 Å². The maximum absolute atomic E-state index is 12.1. The fourth-order valence-electron chi connectivity index (χ4n) is 7.35. The van der Waals surface area contributed by atoms with Gasteiger partial charge in [-0.25, -0.2) is 15.0 Å². The summed E-state index contributed by atoms with van der Waals surface area (Å²) in [6.45, 7) is 4.04. The molecule has 9 aromatic rings. The summed E-state index contributed by atoms with van der Waals surface area (Å²) in [6.07, 6.45) is 0. The van der Waals surface area contributed by atoms with E-state index < -0.39 is 10.1 Å². The number of rotatable bonds is 3. The predicted molar refractivity (Wildman–Crippen MR) is 242 cm³/mol. The molecule has 2 aliphatic rings. The van der Waals surface area contributed by atoms with E-state index in [1.807, 2.05) is 135 Å². The molecule has 3 aromatic heterocycles. The molecule has 8 bridgehead atoms. The first-order valence-electron chi connectivity index (χ1n) is 19.4. The number of para-hydroxylation sites is 2. The number of nitrogens with one attached hydrogen (secondary N) is 1. The smallest absolute Gasteiger partial charge is 0.369 e. The zero-order valence-corrected chi connectivity index (χ0v) is 35.1. The summed E-state index contributed by atoms with van der Waals surface area (Å²) in [5, 5.41) is 5.65. The number of aliphatic imine (C=N–C) groups is 1. The molecule has 0 aliphatic carbocycles. The van der Waals surface area contributed by atoms with Crippen molar-refractivity contribution < 1.29 is 31.5 Å². The number of fused-ring (bicyclic) bond motifs is 20. The SMILES string of the molecule is Cc1ccccc1N=C(N)Nc1ccccc1C.O=S(=O)(O)c1ccc2c3nc4nc(nc5[n-]c(nc6nc(nc([n-]3)c2c1)-c1ccccc1-6)c1ccccc51)-c1ccccc1-4.[Cu+].[H+]. The topological polar surface area (TPSA) is 210 Å². The quantitative estimate of drug-likeness (QED) is 0.0656. The van der Waals surface area contributed by atoms with Crippen LogP contribution in [-0.4, -0.2) is 48.8 Å². The molecule has 0 fully saturated rings. The molecule has 2 aliphatic heterocycles. The molecule has 11 rings (SSSR count). The maximum atomic E-state index is 12.1. The van der Waals surface area contributed by atoms with Gasteiger partial charge >= 0.3 is 18.5 Å². The number of benzene rings is 6. The number of anilines is 1. The number of guanidine groups is 1. The van der Waals surface area contributed by atoms with Gasteiger partial charge in [-0.3, -0.25) is 4.55 Å². The first-order chi connectivity index (χ1) is 30.1. The van der Waals surface area contributed by atoms with Crippen molar-refractivity contribution in [2.24, 2.45) is 10.7 Å². The van der Waals surface area contributed by atoms with E-state index in [-0.39, 0.29) is 34.7 Å². The summed E-state index contributed by atoms with van der Waals surface area (Å²) in [5.41, 5.74) is 14.4. The summed E-state index contributed by atoms with van der Waals surface area (Å²) in [5.74, 6) is 1.99. The van der Waals surface area contributed by atoms with Crippen molar-refractivity contribution in [3.05, 3.63) is 151 Å². The van der Waals surface area contributed by atoms with Gasteiger partial charge in [0, 0.05) is 50.5 Å². The summed E-state index contributed by atoms with van der Waals surface area (Å²) in [7, 11) is -4.49. The van der Waals surface area contributed by atoms with E-state index in [9.17, 15) is 13.0 Å². The minimum Gasteiger partial charge on any atom is -0.369 e. The predicted octanol–water partition coefficient (Wildman–Crippen LogP) is 8.85. The van der Waals surface area contributed by atoms with Crippen LogP contribution in [0.15, 0.2) is 149 Å². The Balaban J connectivity index is 0.000000238. The van der Waals surface area contributed by atoms with Crippen molar-refractivity contribution in [2.45, 2.75) is 18.7 Å². The Morgan fingerprint density at radius 3 is 1.44 bits per heavy atom. The van der Waals surface area contributed by atoms with Gasteiger partial charge in [0.05, 0.1) is 33.9 Å². The minimum atomic E-state index is -4.49. The van der Waals surface area contributed by atoms with Crippen molar-refractivity contribution >= 4 is 71.6 Å². The van der Waals surface area contributed by atoms with Crippen LogP contribution in [0.5, 0.6) is 0 Å². The van der Waals surface area contributed by atoms with Gasteiger partial charge in [-0.2, -0.15) is 8.42 Å². The first kappa shape index (κ1) is 40.8. The van der Waals surface area contributed by atoms with E-state index in [2.05, 4.69) is 10.3 Å². The van der Waals surface area contributed by atoms with E-state index >= 15 is 0 Å². The number of aromatic nitrogens is 8. The standard InChI is InChI=1S/C32H16N8O3S.C15H17N3.Cu/c41-44(42,43)16-13-14-23-24(15-16)32-39-30-22-12-6-5-11-21(22)28(37-30)35-26-18-8-2-1-7-17(18)25(33-26)34-27-19-9-3-4-10-20(19)29(36-27)38-31(23)40-32;1-11-7-3-5-9-13(11)17-15(16)18-14-10-6-4-8-12(14)2;/h1-15H,(H-2,33,34,35,36,37,38,39,40,41,42,43);3-10H,1-2H3,(H3,16,17,18);/q-2;;+1/p+1. The molecule has 0 saturated carbocycles. The van der Waals surface area contributed by atoms with Gasteiger partial charge in [0.2, 0.25) is 0 Å². The van der Waals surface area contributed by atoms with Gasteiger partial charge in [0.25, 0.3) is 10.1 Å². The average molecular weight is 896 g/mol. The Labute approximate surface area is 372 Å². The van der Waals surface area contributed by atoms with Crippen LogP contribution in [0, 0.1) is 13.8 Å². The van der Waals surface area contributed by atoms with Crippen LogP contribution in [0.2, 0.25) is 0 Å². The molecule has 0 amide bonds. The third-order valence-corrected chi connectivity index (χ3v) is 11.3. The van der Waals surface area contributed by atoms with Crippen molar-refractivity contribution in [3.8, 4) is 45.6 Å². The average Bonchev–Trinajstić information content (AvgIpc) is 4.01. The monoisotopic (exact) mass is 895 g/mol. The number of hydrogen-bond acceptors (Lipinski definition) is 9. The minimum absolute atomic E-state index is 0. The molecule has 0 radical (unpaired) electrons. The van der Waals surface area contributed by atoms with E-state index in [0.29, 0.717) is 51.3 Å². The molecule has 14 nitrogen and oxygen atoms in total. The summed E-state index contributed by atoms with van der Waals surface area (Å²) < 4.78 is 33.9. The zero-order chi connectivity index (χ0) is 42.5. The molecule has 5 heterocycles. The first-order valence-corrected chi connectivity index (χ1v) is 20.8. The van der Waals surface area contributed by atoms with Gasteiger partial charge in [0.15, 0.2) is 5.96 Å². The Morgan fingerprint density at radius 2 is 0.968 bits per heavy atom. The summed E-state index contributed by atoms with van der Waals surface area (Å²) in [4.78, 5) is 42.6. The summed E-state index contributed by atoms with van der Waals surface area (Å²) >= 11 is 0. The molecule has 0 atom stereocenters. The van der Waals surface area contributed by atoms with E-state index in [1.165, 1.54) is 12.1 Å². The van der Waals surface area contributed by atoms with Gasteiger partial charge in [0.1, 0.15) is 0 Å². The largest absolute Gasteiger partial charge is 1.00 e. The Hall–Kier alpha value is -7.62. The number of hydrogen-bond donors (Lipinski definition) is 3. The van der Waals surface area contributed by atoms with Crippen LogP contribution in [0.3, 0.4) is 0 Å². The van der Waals surface area contributed by atoms with Crippen molar-refractivity contribution in [1.82, 2.24) is 39.9 Å². The van der Waals surface area contributed by atoms with Gasteiger partial charge < -0.3 is 41.0 Å². The molecular weight excluding hydrogens is 862 g/mol. The van der Waals surface area contributed by atoms with Gasteiger partial charge in [-0.1, -0.05) is 115 Å². The Kier molecular flexibility index (Phi) is 10.6. The molecule has 63 heavy (non-hydrogen) atoms. The third-order valence-electron chi connectivity index (χ3n) is 10.5. The number of nitrogens with zero attached hydrogens (tertiary/aromatic N) is 9. The van der Waals surface area contributed by atoms with Gasteiger partial charge in [-0.15, -0.1) is 0 Å². The molecule has 0 saturated heterocycles. The van der Waals surface area contributed by atoms with Crippen LogP contribution in [0.1, 0.15) is 12.6 Å². The maximum Gasteiger partial charge on any atom is 1.00 e. The van der Waals surface area contributed by atoms with Crippen molar-refractivity contribution in [3.63, 3.8) is 0 Å². The molecule has 6 aromatic carbocycles. The van der Waals surface area contributed by atoms with E-state index in [4.69, 9.17) is 45.6 Å². The van der Waals surface area contributed by atoms with Crippen LogP contribution in [0.4, 0.5) is 11.4 Å². The van der Waals surface area contributed by atoms with Crippen LogP contribution >= 0.6 is 0 Å². The van der Waals surface area contributed by atoms with Crippen LogP contribution < -0.4 is 21.0 Å². The number of aryl methyl sites for hydroxylation is 2. The second kappa shape index (κ2) is 16.3. The Morgan fingerprint density at radius 1 is 0.556 bits per heavy atom. The zero-order valence-electron chi connectivity index (χ0n) is 34.4. The Bertz CT molecular complexity index is 3610. The van der Waals surface area contributed by atoms with Crippen molar-refractivity contribution in [2.75, 3.05) is 5.32 Å². The second-order valence-corrected chi connectivity index (χ2v) is 15.9. The molecule has 312 valence electrons. The molecular formula is C47H34CuN11O3S. The van der Waals surface area contributed by atoms with E-state index in [0.717, 1.165) is 55.5 Å². The fourth-order valence-corrected chi connectivity index (χ4v) is 7.85. The van der Waals surface area contributed by atoms with Crippen molar-refractivity contribution in [1.29, 1.82) is 0 Å². The number of nitrogens with two attached hydrogens (primary N) is 1. The fraction of sp³-hybridized carbons (Fsp3) is 0.0426. The third kappa shape index (κ3) is 7.79. The molecule has 0 unspecified atom stereocenters. The van der Waals surface area contributed by atoms with Gasteiger partial charge in [-0.05, 0) is 70.8 Å². The van der Waals surface area contributed by atoms with Crippen LogP contribution in [-0.2, 0) is 27.2 Å². The van der Waals surface area contributed by atoms with E-state index in [1.54, 1.807) is 6.07 Å². The normalized spacial score (nSPS) is 11.9. The molecule has 16 heteroatoms. The summed E-state index contributed by atoms with van der Waals surface area (Å²) in [6, 6.07) is 43.0.